The number of hydrogen-bond donors (Lipinski definition) is 1. The van der Waals surface area contributed by atoms with Crippen molar-refractivity contribution in [1.82, 2.24) is 4.98 Å². The van der Waals surface area contributed by atoms with Gasteiger partial charge in [-0.05, 0) is 42.5 Å². The van der Waals surface area contributed by atoms with Crippen LogP contribution in [0.15, 0.2) is 47.8 Å². The molecule has 0 spiro atoms. The number of carbonyl (C=O) groups excluding carboxylic acids is 1. The summed E-state index contributed by atoms with van der Waals surface area (Å²) in [6, 6.07) is 12.6. The molecule has 0 aliphatic carbocycles. The zero-order chi connectivity index (χ0) is 18.0. The Balaban J connectivity index is 1.75. The molecular formula is C18H15Cl2N3OS. The summed E-state index contributed by atoms with van der Waals surface area (Å²) < 4.78 is 0. The fourth-order valence-corrected chi connectivity index (χ4v) is 3.44. The summed E-state index contributed by atoms with van der Waals surface area (Å²) in [7, 11) is 3.90. The minimum absolute atomic E-state index is 0.201. The summed E-state index contributed by atoms with van der Waals surface area (Å²) in [6.07, 6.45) is 0. The second-order valence-corrected chi connectivity index (χ2v) is 7.26. The van der Waals surface area contributed by atoms with E-state index >= 15 is 0 Å². The van der Waals surface area contributed by atoms with Gasteiger partial charge in [0.2, 0.25) is 0 Å². The van der Waals surface area contributed by atoms with Gasteiger partial charge in [0.15, 0.2) is 5.13 Å². The molecule has 0 atom stereocenters. The average Bonchev–Trinajstić information content (AvgIpc) is 3.03. The number of carbonyl (C=O) groups is 1. The molecule has 0 aliphatic rings. The number of anilines is 2. The second-order valence-electron chi connectivity index (χ2n) is 5.56. The summed E-state index contributed by atoms with van der Waals surface area (Å²) in [6.45, 7) is 0. The number of thiazole rings is 1. The SMILES string of the molecule is CN(C)c1ccc(C(=O)Nc2nc(-c3ccc(Cl)cc3Cl)cs2)cc1. The maximum Gasteiger partial charge on any atom is 0.257 e. The minimum atomic E-state index is -0.201. The molecule has 4 nitrogen and oxygen atoms in total. The monoisotopic (exact) mass is 391 g/mol. The first-order valence-corrected chi connectivity index (χ1v) is 9.07. The number of benzene rings is 2. The molecule has 25 heavy (non-hydrogen) atoms. The molecule has 0 fully saturated rings. The zero-order valence-corrected chi connectivity index (χ0v) is 15.9. The molecule has 0 bridgehead atoms. The minimum Gasteiger partial charge on any atom is -0.378 e. The number of amides is 1. The molecule has 1 heterocycles. The molecule has 1 amide bonds. The van der Waals surface area contributed by atoms with Crippen LogP contribution in [-0.2, 0) is 0 Å². The molecule has 128 valence electrons. The van der Waals surface area contributed by atoms with Gasteiger partial charge in [0.25, 0.3) is 5.91 Å². The van der Waals surface area contributed by atoms with Crippen molar-refractivity contribution in [3.63, 3.8) is 0 Å². The van der Waals surface area contributed by atoms with Crippen molar-refractivity contribution in [3.8, 4) is 11.3 Å². The van der Waals surface area contributed by atoms with Gasteiger partial charge in [0, 0.05) is 41.3 Å². The molecular weight excluding hydrogens is 377 g/mol. The van der Waals surface area contributed by atoms with Gasteiger partial charge >= 0.3 is 0 Å². The Morgan fingerprint density at radius 1 is 1.12 bits per heavy atom. The van der Waals surface area contributed by atoms with Crippen LogP contribution in [0.2, 0.25) is 10.0 Å². The van der Waals surface area contributed by atoms with Crippen LogP contribution in [0, 0.1) is 0 Å². The Labute approximate surface area is 160 Å². The summed E-state index contributed by atoms with van der Waals surface area (Å²) in [4.78, 5) is 18.8. The zero-order valence-electron chi connectivity index (χ0n) is 13.6. The molecule has 1 aromatic heterocycles. The van der Waals surface area contributed by atoms with Gasteiger partial charge < -0.3 is 4.90 Å². The molecule has 3 rings (SSSR count). The van der Waals surface area contributed by atoms with E-state index in [9.17, 15) is 4.79 Å². The third kappa shape index (κ3) is 4.12. The van der Waals surface area contributed by atoms with Gasteiger partial charge in [0.05, 0.1) is 10.7 Å². The molecule has 1 N–H and O–H groups in total. The average molecular weight is 392 g/mol. The fourth-order valence-electron chi connectivity index (χ4n) is 2.23. The lowest BCUT2D eigenvalue weighted by Gasteiger charge is -2.12. The van der Waals surface area contributed by atoms with Gasteiger partial charge in [-0.3, -0.25) is 10.1 Å². The van der Waals surface area contributed by atoms with Gasteiger partial charge in [0.1, 0.15) is 0 Å². The molecule has 0 aliphatic heterocycles. The van der Waals surface area contributed by atoms with Crippen LogP contribution >= 0.6 is 34.5 Å². The van der Waals surface area contributed by atoms with Gasteiger partial charge in [-0.25, -0.2) is 4.98 Å². The Bertz CT molecular complexity index is 907. The molecule has 7 heteroatoms. The molecule has 0 saturated heterocycles. The Morgan fingerprint density at radius 3 is 2.48 bits per heavy atom. The summed E-state index contributed by atoms with van der Waals surface area (Å²) in [5.74, 6) is -0.201. The highest BCUT2D eigenvalue weighted by Crippen LogP contribution is 2.32. The van der Waals surface area contributed by atoms with Gasteiger partial charge in [-0.1, -0.05) is 23.2 Å². The smallest absolute Gasteiger partial charge is 0.257 e. The number of halogens is 2. The number of nitrogens with zero attached hydrogens (tertiary/aromatic N) is 2. The van der Waals surface area contributed by atoms with Crippen LogP contribution in [0.25, 0.3) is 11.3 Å². The van der Waals surface area contributed by atoms with Gasteiger partial charge in [-0.2, -0.15) is 0 Å². The third-order valence-corrected chi connectivity index (χ3v) is 4.88. The standard InChI is InChI=1S/C18H15Cl2N3OS/c1-23(2)13-6-3-11(4-7-13)17(24)22-18-21-16(10-25-18)14-8-5-12(19)9-15(14)20/h3-10H,1-2H3,(H,21,22,24). The van der Waals surface area contributed by atoms with E-state index in [0.29, 0.717) is 26.4 Å². The van der Waals surface area contributed by atoms with Crippen LogP contribution in [0.1, 0.15) is 10.4 Å². The lowest BCUT2D eigenvalue weighted by Crippen LogP contribution is -2.13. The Kier molecular flexibility index (Phi) is 5.27. The first-order valence-electron chi connectivity index (χ1n) is 7.44. The van der Waals surface area contributed by atoms with E-state index in [0.717, 1.165) is 11.3 Å². The highest BCUT2D eigenvalue weighted by molar-refractivity contribution is 7.14. The maximum atomic E-state index is 12.4. The summed E-state index contributed by atoms with van der Waals surface area (Å²) in [5.41, 5.74) is 3.08. The first-order chi connectivity index (χ1) is 11.9. The first kappa shape index (κ1) is 17.7. The summed E-state index contributed by atoms with van der Waals surface area (Å²) in [5, 5.41) is 6.27. The molecule has 2 aromatic carbocycles. The highest BCUT2D eigenvalue weighted by Gasteiger charge is 2.12. The van der Waals surface area contributed by atoms with E-state index < -0.39 is 0 Å². The molecule has 3 aromatic rings. The van der Waals surface area contributed by atoms with Crippen molar-refractivity contribution in [2.45, 2.75) is 0 Å². The van der Waals surface area contributed by atoms with Crippen LogP contribution in [0.3, 0.4) is 0 Å². The topological polar surface area (TPSA) is 45.2 Å². The predicted molar refractivity (Wildman–Crippen MR) is 106 cm³/mol. The Morgan fingerprint density at radius 2 is 1.84 bits per heavy atom. The van der Waals surface area contributed by atoms with Crippen molar-refractivity contribution >= 4 is 51.3 Å². The van der Waals surface area contributed by atoms with Crippen LogP contribution in [0.5, 0.6) is 0 Å². The lowest BCUT2D eigenvalue weighted by molar-refractivity contribution is 0.102. The molecule has 0 unspecified atom stereocenters. The lowest BCUT2D eigenvalue weighted by atomic mass is 10.2. The second kappa shape index (κ2) is 7.44. The van der Waals surface area contributed by atoms with Crippen molar-refractivity contribution in [2.75, 3.05) is 24.3 Å². The Hall–Kier alpha value is -2.08. The number of nitrogens with one attached hydrogen (secondary N) is 1. The van der Waals surface area contributed by atoms with Crippen molar-refractivity contribution < 1.29 is 4.79 Å². The quantitative estimate of drug-likeness (QED) is 0.644. The molecule has 0 saturated carbocycles. The van der Waals surface area contributed by atoms with E-state index in [2.05, 4.69) is 10.3 Å². The molecule has 0 radical (unpaired) electrons. The largest absolute Gasteiger partial charge is 0.378 e. The maximum absolute atomic E-state index is 12.4. The van der Waals surface area contributed by atoms with Crippen molar-refractivity contribution in [2.24, 2.45) is 0 Å². The van der Waals surface area contributed by atoms with E-state index in [1.54, 1.807) is 24.3 Å². The number of rotatable bonds is 4. The predicted octanol–water partition coefficient (Wildman–Crippen LogP) is 5.44. The van der Waals surface area contributed by atoms with Gasteiger partial charge in [-0.15, -0.1) is 11.3 Å². The number of aromatic nitrogens is 1. The van der Waals surface area contributed by atoms with Crippen LogP contribution in [-0.4, -0.2) is 25.0 Å². The van der Waals surface area contributed by atoms with E-state index in [-0.39, 0.29) is 5.91 Å². The fraction of sp³-hybridized carbons (Fsp3) is 0.111. The van der Waals surface area contributed by atoms with E-state index in [4.69, 9.17) is 23.2 Å². The van der Waals surface area contributed by atoms with Crippen molar-refractivity contribution in [3.05, 3.63) is 63.5 Å². The van der Waals surface area contributed by atoms with Crippen LogP contribution in [0.4, 0.5) is 10.8 Å². The third-order valence-electron chi connectivity index (χ3n) is 3.58. The highest BCUT2D eigenvalue weighted by atomic mass is 35.5. The van der Waals surface area contributed by atoms with E-state index in [1.165, 1.54) is 11.3 Å². The van der Waals surface area contributed by atoms with Crippen molar-refractivity contribution in [1.29, 1.82) is 0 Å². The summed E-state index contributed by atoms with van der Waals surface area (Å²) >= 11 is 13.5. The van der Waals surface area contributed by atoms with E-state index in [1.807, 2.05) is 42.6 Å². The number of hydrogen-bond acceptors (Lipinski definition) is 4. The normalized spacial score (nSPS) is 10.6. The van der Waals surface area contributed by atoms with Crippen LogP contribution < -0.4 is 10.2 Å².